The van der Waals surface area contributed by atoms with Crippen LogP contribution in [0.15, 0.2) is 0 Å². The molecule has 2 aliphatic heterocycles. The van der Waals surface area contributed by atoms with Gasteiger partial charge in [-0.1, -0.05) is 181 Å². The highest BCUT2D eigenvalue weighted by Gasteiger charge is 2.39. The fourth-order valence-electron chi connectivity index (χ4n) is 8.50. The Hall–Kier alpha value is -2.16. The lowest BCUT2D eigenvalue weighted by Crippen LogP contribution is -2.55. The number of nitrogens with zero attached hydrogens (tertiary/aromatic N) is 1. The topological polar surface area (TPSA) is 120 Å². The number of unbranched alkanes of at least 4 members (excludes halogenated alkanes) is 26. The summed E-state index contributed by atoms with van der Waals surface area (Å²) in [6.45, 7) is 7.14. The Morgan fingerprint density at radius 2 is 1.02 bits per heavy atom. The molecule has 2 aliphatic rings. The maximum Gasteiger partial charge on any atom is 0.243 e. The predicted molar refractivity (Wildman–Crippen MR) is 234 cm³/mol. The normalized spacial score (nSPS) is 17.3. The monoisotopic (exact) mass is 788 g/mol. The smallest absolute Gasteiger partial charge is 0.243 e. The van der Waals surface area contributed by atoms with E-state index in [1.807, 2.05) is 0 Å². The average molecular weight is 788 g/mol. The van der Waals surface area contributed by atoms with Crippen molar-refractivity contribution in [3.63, 3.8) is 0 Å². The Morgan fingerprint density at radius 3 is 1.46 bits per heavy atom. The minimum absolute atomic E-state index is 0.0122. The molecular formula is C47H89N5O4. The van der Waals surface area contributed by atoms with E-state index in [1.165, 1.54) is 154 Å². The molecule has 2 rings (SSSR count). The fourth-order valence-corrected chi connectivity index (χ4v) is 8.50. The van der Waals surface area contributed by atoms with Crippen LogP contribution in [0, 0.1) is 0 Å². The second kappa shape index (κ2) is 34.8. The lowest BCUT2D eigenvalue weighted by atomic mass is 10.0. The number of carbonyl (C=O) groups is 4. The highest BCUT2D eigenvalue weighted by Crippen LogP contribution is 2.21. The molecule has 4 N–H and O–H groups in total. The lowest BCUT2D eigenvalue weighted by Gasteiger charge is -2.28. The zero-order chi connectivity index (χ0) is 40.3. The first kappa shape index (κ1) is 50.0. The summed E-state index contributed by atoms with van der Waals surface area (Å²) in [5.74, 6) is -0.611. The van der Waals surface area contributed by atoms with E-state index in [0.29, 0.717) is 26.1 Å². The Balaban J connectivity index is 1.66. The molecule has 0 unspecified atom stereocenters. The minimum Gasteiger partial charge on any atom is -0.356 e. The number of hydrogen-bond acceptors (Lipinski definition) is 5. The molecule has 0 radical (unpaired) electrons. The van der Waals surface area contributed by atoms with Crippen molar-refractivity contribution in [1.82, 2.24) is 26.2 Å². The Morgan fingerprint density at radius 1 is 0.571 bits per heavy atom. The number of nitrogens with one attached hydrogen (secondary N) is 4. The molecule has 0 spiro atoms. The number of hydrogen-bond donors (Lipinski definition) is 4. The van der Waals surface area contributed by atoms with E-state index < -0.39 is 12.1 Å². The van der Waals surface area contributed by atoms with E-state index in [0.717, 1.165) is 51.5 Å². The van der Waals surface area contributed by atoms with Crippen LogP contribution in [-0.2, 0) is 19.2 Å². The van der Waals surface area contributed by atoms with Crippen LogP contribution in [0.1, 0.15) is 232 Å². The number of carbonyl (C=O) groups excluding carboxylic acids is 4. The first-order valence-electron chi connectivity index (χ1n) is 24.4. The molecule has 0 aromatic rings. The molecule has 2 saturated heterocycles. The summed E-state index contributed by atoms with van der Waals surface area (Å²) in [4.78, 5) is 54.7. The van der Waals surface area contributed by atoms with Crippen LogP contribution in [0.2, 0.25) is 0 Å². The SMILES string of the molecule is CCCCCCCCCCCCCCCCNC(=O)CC[C@H](NC(=O)[C@@H]1CCCN1C(=O)[C@@H]1CCCN1)C(=O)NCCCCCCCCCCCCCCCC. The van der Waals surface area contributed by atoms with E-state index in [9.17, 15) is 19.2 Å². The van der Waals surface area contributed by atoms with Crippen molar-refractivity contribution in [3.05, 3.63) is 0 Å². The largest absolute Gasteiger partial charge is 0.356 e. The molecule has 0 bridgehead atoms. The highest BCUT2D eigenvalue weighted by molar-refractivity contribution is 5.93. The van der Waals surface area contributed by atoms with Crippen LogP contribution >= 0.6 is 0 Å². The molecule has 9 heteroatoms. The van der Waals surface area contributed by atoms with Crippen molar-refractivity contribution in [1.29, 1.82) is 0 Å². The number of likely N-dealkylation sites (tertiary alicyclic amines) is 1. The first-order valence-corrected chi connectivity index (χ1v) is 24.4. The van der Waals surface area contributed by atoms with E-state index in [4.69, 9.17) is 0 Å². The van der Waals surface area contributed by atoms with Gasteiger partial charge in [0.05, 0.1) is 6.04 Å². The van der Waals surface area contributed by atoms with Gasteiger partial charge in [-0.25, -0.2) is 0 Å². The molecule has 0 aromatic carbocycles. The maximum absolute atomic E-state index is 13.6. The van der Waals surface area contributed by atoms with E-state index in [1.54, 1.807) is 4.90 Å². The zero-order valence-corrected chi connectivity index (χ0v) is 36.7. The van der Waals surface area contributed by atoms with Crippen LogP contribution < -0.4 is 21.3 Å². The molecule has 2 heterocycles. The molecule has 3 atom stereocenters. The van der Waals surface area contributed by atoms with Gasteiger partial charge < -0.3 is 26.2 Å². The van der Waals surface area contributed by atoms with Crippen molar-refractivity contribution in [2.75, 3.05) is 26.2 Å². The third-order valence-corrected chi connectivity index (χ3v) is 12.2. The van der Waals surface area contributed by atoms with Gasteiger partial charge in [0.2, 0.25) is 23.6 Å². The Labute approximate surface area is 344 Å². The van der Waals surface area contributed by atoms with E-state index >= 15 is 0 Å². The summed E-state index contributed by atoms with van der Waals surface area (Å²) >= 11 is 0. The van der Waals surface area contributed by atoms with Gasteiger partial charge in [-0.3, -0.25) is 19.2 Å². The van der Waals surface area contributed by atoms with Gasteiger partial charge in [0.25, 0.3) is 0 Å². The maximum atomic E-state index is 13.6. The van der Waals surface area contributed by atoms with E-state index in [-0.39, 0.29) is 42.5 Å². The first-order chi connectivity index (χ1) is 27.5. The highest BCUT2D eigenvalue weighted by atomic mass is 16.2. The van der Waals surface area contributed by atoms with Crippen LogP contribution in [-0.4, -0.2) is 72.8 Å². The molecule has 9 nitrogen and oxygen atoms in total. The summed E-state index contributed by atoms with van der Waals surface area (Å²) < 4.78 is 0. The van der Waals surface area contributed by atoms with Crippen molar-refractivity contribution in [3.8, 4) is 0 Å². The molecule has 0 aliphatic carbocycles. The summed E-state index contributed by atoms with van der Waals surface area (Å²) in [5, 5.41) is 12.3. The van der Waals surface area contributed by atoms with Crippen molar-refractivity contribution in [2.45, 2.75) is 250 Å². The van der Waals surface area contributed by atoms with Gasteiger partial charge in [-0.2, -0.15) is 0 Å². The lowest BCUT2D eigenvalue weighted by molar-refractivity contribution is -0.140. The molecule has 0 saturated carbocycles. The van der Waals surface area contributed by atoms with Gasteiger partial charge in [0.15, 0.2) is 0 Å². The summed E-state index contributed by atoms with van der Waals surface area (Å²) in [7, 11) is 0. The molecule has 4 amide bonds. The molecular weight excluding hydrogens is 699 g/mol. The van der Waals surface area contributed by atoms with Gasteiger partial charge in [-0.15, -0.1) is 0 Å². The van der Waals surface area contributed by atoms with Crippen molar-refractivity contribution >= 4 is 23.6 Å². The third kappa shape index (κ3) is 24.6. The second-order valence-corrected chi connectivity index (χ2v) is 17.3. The number of rotatable bonds is 37. The third-order valence-electron chi connectivity index (χ3n) is 12.2. The average Bonchev–Trinajstić information content (AvgIpc) is 3.93. The Bertz CT molecular complexity index is 1000. The molecule has 326 valence electrons. The molecule has 2 fully saturated rings. The standard InChI is InChI=1S/C47H89N5O4/c1-3-5-7-9-11-13-15-17-19-21-23-25-27-29-37-49-44(53)36-35-41(51-46(55)43-34-32-40-52(43)47(56)42-33-31-39-48-42)45(54)50-38-30-28-26-24-22-20-18-16-14-12-10-8-6-4-2/h41-43,48H,3-40H2,1-2H3,(H,49,53)(H,50,54)(H,51,55)/t41-,42-,43-/m0/s1. The Kier molecular flexibility index (Phi) is 31.1. The minimum atomic E-state index is -0.803. The van der Waals surface area contributed by atoms with Crippen LogP contribution in [0.3, 0.4) is 0 Å². The van der Waals surface area contributed by atoms with Gasteiger partial charge >= 0.3 is 0 Å². The van der Waals surface area contributed by atoms with Gasteiger partial charge in [-0.05, 0) is 51.5 Å². The van der Waals surface area contributed by atoms with Crippen molar-refractivity contribution < 1.29 is 19.2 Å². The van der Waals surface area contributed by atoms with Crippen LogP contribution in [0.5, 0.6) is 0 Å². The fraction of sp³-hybridized carbons (Fsp3) is 0.915. The van der Waals surface area contributed by atoms with Gasteiger partial charge in [0, 0.05) is 26.1 Å². The summed E-state index contributed by atoms with van der Waals surface area (Å²) in [5.41, 5.74) is 0. The predicted octanol–water partition coefficient (Wildman–Crippen LogP) is 10.2. The van der Waals surface area contributed by atoms with E-state index in [2.05, 4.69) is 35.1 Å². The summed E-state index contributed by atoms with van der Waals surface area (Å²) in [6, 6.07) is -1.60. The van der Waals surface area contributed by atoms with Crippen LogP contribution in [0.25, 0.3) is 0 Å². The summed E-state index contributed by atoms with van der Waals surface area (Å²) in [6.07, 6.45) is 39.7. The molecule has 0 aromatic heterocycles. The molecule has 56 heavy (non-hydrogen) atoms. The quantitative estimate of drug-likeness (QED) is 0.0468. The van der Waals surface area contributed by atoms with Crippen molar-refractivity contribution in [2.24, 2.45) is 0 Å². The second-order valence-electron chi connectivity index (χ2n) is 17.3. The van der Waals surface area contributed by atoms with Gasteiger partial charge in [0.1, 0.15) is 12.1 Å². The van der Waals surface area contributed by atoms with Crippen LogP contribution in [0.4, 0.5) is 0 Å². The number of amides is 4. The zero-order valence-electron chi connectivity index (χ0n) is 36.7.